The van der Waals surface area contributed by atoms with Crippen molar-refractivity contribution in [3.05, 3.63) is 30.1 Å². The molecule has 0 amide bonds. The minimum Gasteiger partial charge on any atom is -0.385 e. The maximum atomic E-state index is 9.58. The van der Waals surface area contributed by atoms with E-state index in [4.69, 9.17) is 6.42 Å². The molecule has 0 fully saturated rings. The van der Waals surface area contributed by atoms with Gasteiger partial charge >= 0.3 is 0 Å². The molecule has 15 heavy (non-hydrogen) atoms. The van der Waals surface area contributed by atoms with Crippen molar-refractivity contribution < 1.29 is 5.11 Å². The average Bonchev–Trinajstić information content (AvgIpc) is 2.58. The summed E-state index contributed by atoms with van der Waals surface area (Å²) in [6.45, 7) is 2.12. The topological polar surface area (TPSA) is 38.0 Å². The Kier molecular flexibility index (Phi) is 2.44. The number of aromatic nitrogens is 2. The highest BCUT2D eigenvalue weighted by atomic mass is 16.3. The van der Waals surface area contributed by atoms with Gasteiger partial charge in [-0.15, -0.1) is 6.42 Å². The molecule has 0 bridgehead atoms. The third-order valence-electron chi connectivity index (χ3n) is 2.31. The van der Waals surface area contributed by atoms with Gasteiger partial charge in [-0.25, -0.2) is 4.98 Å². The van der Waals surface area contributed by atoms with Crippen molar-refractivity contribution in [2.45, 2.75) is 19.6 Å². The first kappa shape index (κ1) is 9.75. The summed E-state index contributed by atoms with van der Waals surface area (Å²) in [7, 11) is 0. The lowest BCUT2D eigenvalue weighted by Crippen LogP contribution is -2.05. The van der Waals surface area contributed by atoms with Gasteiger partial charge in [-0.3, -0.25) is 0 Å². The monoisotopic (exact) mass is 200 g/mol. The molecule has 0 aliphatic rings. The standard InChI is InChI=1S/C12H12N2O/c1-3-8-14-11-7-5-4-6-10(11)13-12(14)9(2)15/h1,4-7,9,15H,8H2,2H3/t9-/m0/s1. The summed E-state index contributed by atoms with van der Waals surface area (Å²) in [4.78, 5) is 4.35. The van der Waals surface area contributed by atoms with Crippen LogP contribution >= 0.6 is 0 Å². The predicted octanol–water partition coefficient (Wildman–Crippen LogP) is 1.72. The lowest BCUT2D eigenvalue weighted by atomic mass is 10.3. The van der Waals surface area contributed by atoms with Crippen LogP contribution in [0.5, 0.6) is 0 Å². The zero-order valence-electron chi connectivity index (χ0n) is 8.51. The fourth-order valence-electron chi connectivity index (χ4n) is 1.67. The van der Waals surface area contributed by atoms with Crippen LogP contribution in [0.25, 0.3) is 11.0 Å². The maximum absolute atomic E-state index is 9.58. The molecule has 0 spiro atoms. The van der Waals surface area contributed by atoms with Gasteiger partial charge in [-0.05, 0) is 19.1 Å². The molecule has 2 aromatic rings. The normalized spacial score (nSPS) is 12.6. The Morgan fingerprint density at radius 2 is 2.27 bits per heavy atom. The molecule has 1 N–H and O–H groups in total. The predicted molar refractivity (Wildman–Crippen MR) is 59.2 cm³/mol. The van der Waals surface area contributed by atoms with E-state index in [2.05, 4.69) is 10.9 Å². The fraction of sp³-hybridized carbons (Fsp3) is 0.250. The Hall–Kier alpha value is -1.79. The lowest BCUT2D eigenvalue weighted by molar-refractivity contribution is 0.185. The molecule has 3 nitrogen and oxygen atoms in total. The van der Waals surface area contributed by atoms with Gasteiger partial charge in [0.05, 0.1) is 17.6 Å². The van der Waals surface area contributed by atoms with E-state index in [0.29, 0.717) is 12.4 Å². The number of terminal acetylenes is 1. The number of para-hydroxylation sites is 2. The van der Waals surface area contributed by atoms with E-state index < -0.39 is 6.10 Å². The fourth-order valence-corrected chi connectivity index (χ4v) is 1.67. The van der Waals surface area contributed by atoms with Gasteiger partial charge in [-0.2, -0.15) is 0 Å². The third-order valence-corrected chi connectivity index (χ3v) is 2.31. The number of nitrogens with zero attached hydrogens (tertiary/aromatic N) is 2. The average molecular weight is 200 g/mol. The molecule has 0 aliphatic heterocycles. The quantitative estimate of drug-likeness (QED) is 0.749. The minimum atomic E-state index is -0.606. The molecule has 0 saturated carbocycles. The van der Waals surface area contributed by atoms with Crippen LogP contribution in [0.1, 0.15) is 18.9 Å². The molecule has 0 saturated heterocycles. The molecule has 0 aliphatic carbocycles. The van der Waals surface area contributed by atoms with Crippen molar-refractivity contribution >= 4 is 11.0 Å². The molecule has 0 radical (unpaired) electrons. The van der Waals surface area contributed by atoms with Crippen LogP contribution in [-0.2, 0) is 6.54 Å². The largest absolute Gasteiger partial charge is 0.385 e. The second-order valence-corrected chi connectivity index (χ2v) is 3.42. The summed E-state index contributed by atoms with van der Waals surface area (Å²) in [6.07, 6.45) is 4.69. The number of rotatable bonds is 2. The second-order valence-electron chi connectivity index (χ2n) is 3.42. The van der Waals surface area contributed by atoms with Crippen molar-refractivity contribution in [3.8, 4) is 12.3 Å². The number of imidazole rings is 1. The molecule has 76 valence electrons. The van der Waals surface area contributed by atoms with Gasteiger partial charge in [0, 0.05) is 0 Å². The highest BCUT2D eigenvalue weighted by molar-refractivity contribution is 5.76. The molecular weight excluding hydrogens is 188 g/mol. The first-order valence-corrected chi connectivity index (χ1v) is 4.80. The van der Waals surface area contributed by atoms with Gasteiger partial charge in [0.2, 0.25) is 0 Å². The SMILES string of the molecule is C#CCn1c([C@H](C)O)nc2ccccc21. The Labute approximate surface area is 88.4 Å². The Morgan fingerprint density at radius 3 is 2.93 bits per heavy atom. The number of benzene rings is 1. The number of fused-ring (bicyclic) bond motifs is 1. The Morgan fingerprint density at radius 1 is 1.53 bits per heavy atom. The van der Waals surface area contributed by atoms with Crippen molar-refractivity contribution in [1.82, 2.24) is 9.55 Å². The molecule has 1 heterocycles. The van der Waals surface area contributed by atoms with Crippen LogP contribution in [0.2, 0.25) is 0 Å². The number of hydrogen-bond acceptors (Lipinski definition) is 2. The van der Waals surface area contributed by atoms with Gasteiger partial charge in [0.25, 0.3) is 0 Å². The minimum absolute atomic E-state index is 0.431. The smallest absolute Gasteiger partial charge is 0.139 e. The summed E-state index contributed by atoms with van der Waals surface area (Å²) < 4.78 is 1.86. The van der Waals surface area contributed by atoms with Crippen molar-refractivity contribution in [1.29, 1.82) is 0 Å². The first-order valence-electron chi connectivity index (χ1n) is 4.80. The summed E-state index contributed by atoms with van der Waals surface area (Å²) in [5, 5.41) is 9.58. The van der Waals surface area contributed by atoms with Gasteiger partial charge in [0.15, 0.2) is 0 Å². The van der Waals surface area contributed by atoms with E-state index in [0.717, 1.165) is 11.0 Å². The second kappa shape index (κ2) is 3.76. The van der Waals surface area contributed by atoms with Gasteiger partial charge in [0.1, 0.15) is 11.9 Å². The lowest BCUT2D eigenvalue weighted by Gasteiger charge is -2.06. The van der Waals surface area contributed by atoms with Crippen LogP contribution < -0.4 is 0 Å². The molecule has 0 unspecified atom stereocenters. The maximum Gasteiger partial charge on any atom is 0.139 e. The van der Waals surface area contributed by atoms with E-state index in [1.54, 1.807) is 6.92 Å². The van der Waals surface area contributed by atoms with Crippen molar-refractivity contribution in [2.24, 2.45) is 0 Å². The number of hydrogen-bond donors (Lipinski definition) is 1. The van der Waals surface area contributed by atoms with Gasteiger partial charge < -0.3 is 9.67 Å². The molecule has 1 aromatic carbocycles. The Bertz CT molecular complexity index is 520. The van der Waals surface area contributed by atoms with E-state index in [9.17, 15) is 5.11 Å². The van der Waals surface area contributed by atoms with Crippen molar-refractivity contribution in [2.75, 3.05) is 0 Å². The summed E-state index contributed by atoms with van der Waals surface area (Å²) in [5.41, 5.74) is 1.83. The van der Waals surface area contributed by atoms with Crippen LogP contribution in [0.3, 0.4) is 0 Å². The summed E-state index contributed by atoms with van der Waals surface area (Å²) in [5.74, 6) is 3.19. The molecule has 2 rings (SSSR count). The van der Waals surface area contributed by atoms with E-state index in [1.165, 1.54) is 0 Å². The van der Waals surface area contributed by atoms with Crippen LogP contribution in [-0.4, -0.2) is 14.7 Å². The first-order chi connectivity index (χ1) is 7.24. The van der Waals surface area contributed by atoms with Crippen molar-refractivity contribution in [3.63, 3.8) is 0 Å². The molecular formula is C12H12N2O. The van der Waals surface area contributed by atoms with Gasteiger partial charge in [-0.1, -0.05) is 18.1 Å². The number of aliphatic hydroxyl groups excluding tert-OH is 1. The molecule has 3 heteroatoms. The van der Waals surface area contributed by atoms with Crippen LogP contribution in [0.15, 0.2) is 24.3 Å². The van der Waals surface area contributed by atoms with Crippen LogP contribution in [0, 0.1) is 12.3 Å². The van der Waals surface area contributed by atoms with Crippen LogP contribution in [0.4, 0.5) is 0 Å². The number of aliphatic hydroxyl groups is 1. The highest BCUT2D eigenvalue weighted by Gasteiger charge is 2.12. The summed E-state index contributed by atoms with van der Waals surface area (Å²) in [6, 6.07) is 7.71. The molecule has 1 atom stereocenters. The third kappa shape index (κ3) is 1.60. The van der Waals surface area contributed by atoms with E-state index >= 15 is 0 Å². The summed E-state index contributed by atoms with van der Waals surface area (Å²) >= 11 is 0. The zero-order chi connectivity index (χ0) is 10.8. The Balaban J connectivity index is 2.70. The highest BCUT2D eigenvalue weighted by Crippen LogP contribution is 2.20. The molecule has 1 aromatic heterocycles. The zero-order valence-corrected chi connectivity index (χ0v) is 8.51. The van der Waals surface area contributed by atoms with E-state index in [-0.39, 0.29) is 0 Å². The van der Waals surface area contributed by atoms with E-state index in [1.807, 2.05) is 28.8 Å².